The van der Waals surface area contributed by atoms with E-state index < -0.39 is 12.0 Å². The van der Waals surface area contributed by atoms with E-state index in [1.807, 2.05) is 31.2 Å². The summed E-state index contributed by atoms with van der Waals surface area (Å²) in [6, 6.07) is 7.51. The van der Waals surface area contributed by atoms with Gasteiger partial charge < -0.3 is 5.32 Å². The molecule has 1 aromatic carbocycles. The molecule has 1 aromatic heterocycles. The molecule has 1 aliphatic rings. The SMILES string of the molecule is Cc1cccc(C2CCNc3nc(C(F)(F)F)nn32)c1. The second kappa shape index (κ2) is 4.50. The van der Waals surface area contributed by atoms with Gasteiger partial charge in [0, 0.05) is 6.54 Å². The molecule has 0 radical (unpaired) electrons. The van der Waals surface area contributed by atoms with Crippen LogP contribution in [0.1, 0.15) is 29.4 Å². The highest BCUT2D eigenvalue weighted by molar-refractivity contribution is 5.34. The largest absolute Gasteiger partial charge is 0.453 e. The summed E-state index contributed by atoms with van der Waals surface area (Å²) in [6.07, 6.45) is -3.85. The lowest BCUT2D eigenvalue weighted by atomic mass is 10.0. The maximum absolute atomic E-state index is 12.7. The molecule has 2 aromatic rings. The smallest absolute Gasteiger partial charge is 0.354 e. The van der Waals surface area contributed by atoms with E-state index in [1.165, 1.54) is 4.68 Å². The normalized spacial score (nSPS) is 18.5. The van der Waals surface area contributed by atoms with Crippen LogP contribution in [0.5, 0.6) is 0 Å². The number of hydrogen-bond acceptors (Lipinski definition) is 3. The Morgan fingerprint density at radius 1 is 1.35 bits per heavy atom. The van der Waals surface area contributed by atoms with Crippen LogP contribution < -0.4 is 5.32 Å². The van der Waals surface area contributed by atoms with Crippen LogP contribution in [-0.4, -0.2) is 21.3 Å². The van der Waals surface area contributed by atoms with Crippen LogP contribution in [0.15, 0.2) is 24.3 Å². The number of nitrogens with one attached hydrogen (secondary N) is 1. The summed E-state index contributed by atoms with van der Waals surface area (Å²) in [5.74, 6) is -0.922. The minimum atomic E-state index is -4.52. The number of benzene rings is 1. The quantitative estimate of drug-likeness (QED) is 0.874. The first-order valence-electron chi connectivity index (χ1n) is 6.29. The molecule has 3 rings (SSSR count). The van der Waals surface area contributed by atoms with Gasteiger partial charge in [-0.2, -0.15) is 18.2 Å². The molecular formula is C13H13F3N4. The molecule has 1 N–H and O–H groups in total. The summed E-state index contributed by atoms with van der Waals surface area (Å²) in [5.41, 5.74) is 2.02. The topological polar surface area (TPSA) is 42.7 Å². The predicted molar refractivity (Wildman–Crippen MR) is 67.4 cm³/mol. The highest BCUT2D eigenvalue weighted by Gasteiger charge is 2.38. The minimum absolute atomic E-state index is 0.176. The fourth-order valence-corrected chi connectivity index (χ4v) is 2.41. The highest BCUT2D eigenvalue weighted by Crippen LogP contribution is 2.33. The molecule has 0 saturated carbocycles. The van der Waals surface area contributed by atoms with E-state index >= 15 is 0 Å². The van der Waals surface area contributed by atoms with E-state index in [2.05, 4.69) is 15.4 Å². The van der Waals surface area contributed by atoms with Crippen LogP contribution in [0, 0.1) is 6.92 Å². The summed E-state index contributed by atoms with van der Waals surface area (Å²) < 4.78 is 39.4. The van der Waals surface area contributed by atoms with E-state index in [-0.39, 0.29) is 12.0 Å². The molecule has 20 heavy (non-hydrogen) atoms. The monoisotopic (exact) mass is 282 g/mol. The molecule has 0 aliphatic carbocycles. The van der Waals surface area contributed by atoms with Crippen molar-refractivity contribution < 1.29 is 13.2 Å². The van der Waals surface area contributed by atoms with Crippen LogP contribution in [0.4, 0.5) is 19.1 Å². The molecule has 1 atom stereocenters. The van der Waals surface area contributed by atoms with Crippen molar-refractivity contribution >= 4 is 5.95 Å². The fourth-order valence-electron chi connectivity index (χ4n) is 2.41. The first kappa shape index (κ1) is 13.0. The zero-order valence-electron chi connectivity index (χ0n) is 10.8. The van der Waals surface area contributed by atoms with Crippen molar-refractivity contribution in [1.29, 1.82) is 0 Å². The third-order valence-corrected chi connectivity index (χ3v) is 3.31. The summed E-state index contributed by atoms with van der Waals surface area (Å²) in [6.45, 7) is 2.53. The van der Waals surface area contributed by atoms with E-state index in [1.54, 1.807) is 0 Å². The van der Waals surface area contributed by atoms with Crippen LogP contribution in [0.25, 0.3) is 0 Å². The Balaban J connectivity index is 2.04. The van der Waals surface area contributed by atoms with Crippen molar-refractivity contribution in [2.24, 2.45) is 0 Å². The lowest BCUT2D eigenvalue weighted by Crippen LogP contribution is -2.24. The van der Waals surface area contributed by atoms with E-state index in [0.29, 0.717) is 13.0 Å². The van der Waals surface area contributed by atoms with Gasteiger partial charge in [-0.3, -0.25) is 0 Å². The molecule has 106 valence electrons. The van der Waals surface area contributed by atoms with Gasteiger partial charge in [-0.15, -0.1) is 5.10 Å². The van der Waals surface area contributed by atoms with Crippen LogP contribution >= 0.6 is 0 Å². The summed E-state index contributed by atoms with van der Waals surface area (Å²) in [7, 11) is 0. The molecule has 0 spiro atoms. The Morgan fingerprint density at radius 3 is 2.85 bits per heavy atom. The van der Waals surface area contributed by atoms with Gasteiger partial charge in [-0.1, -0.05) is 29.8 Å². The van der Waals surface area contributed by atoms with Crippen LogP contribution in [-0.2, 0) is 6.18 Å². The van der Waals surface area contributed by atoms with Crippen molar-refractivity contribution in [3.05, 3.63) is 41.2 Å². The molecular weight excluding hydrogens is 269 g/mol. The average Bonchev–Trinajstić information content (AvgIpc) is 2.82. The first-order chi connectivity index (χ1) is 9.45. The average molecular weight is 282 g/mol. The number of anilines is 1. The molecule has 0 fully saturated rings. The highest BCUT2D eigenvalue weighted by atomic mass is 19.4. The Morgan fingerprint density at radius 2 is 2.15 bits per heavy atom. The van der Waals surface area contributed by atoms with Crippen molar-refractivity contribution in [3.63, 3.8) is 0 Å². The van der Waals surface area contributed by atoms with Gasteiger partial charge in [0.1, 0.15) is 0 Å². The van der Waals surface area contributed by atoms with Gasteiger partial charge in [-0.25, -0.2) is 4.68 Å². The predicted octanol–water partition coefficient (Wildman–Crippen LogP) is 3.01. The van der Waals surface area contributed by atoms with Gasteiger partial charge in [-0.05, 0) is 18.9 Å². The molecule has 0 amide bonds. The Labute approximate surface area is 113 Å². The van der Waals surface area contributed by atoms with Gasteiger partial charge >= 0.3 is 6.18 Å². The number of rotatable bonds is 1. The molecule has 7 heteroatoms. The molecule has 1 aliphatic heterocycles. The Kier molecular flexibility index (Phi) is 2.92. The maximum atomic E-state index is 12.7. The van der Waals surface area contributed by atoms with Gasteiger partial charge in [0.2, 0.25) is 5.95 Å². The number of aromatic nitrogens is 3. The fraction of sp³-hybridized carbons (Fsp3) is 0.385. The molecule has 0 bridgehead atoms. The lowest BCUT2D eigenvalue weighted by molar-refractivity contribution is -0.145. The molecule has 2 heterocycles. The summed E-state index contributed by atoms with van der Waals surface area (Å²) >= 11 is 0. The molecule has 4 nitrogen and oxygen atoms in total. The zero-order chi connectivity index (χ0) is 14.3. The number of fused-ring (bicyclic) bond motifs is 1. The van der Waals surface area contributed by atoms with Crippen LogP contribution in [0.2, 0.25) is 0 Å². The second-order valence-corrected chi connectivity index (χ2v) is 4.85. The van der Waals surface area contributed by atoms with Crippen LogP contribution in [0.3, 0.4) is 0 Å². The van der Waals surface area contributed by atoms with E-state index in [9.17, 15) is 13.2 Å². The summed E-state index contributed by atoms with van der Waals surface area (Å²) in [5, 5.41) is 6.49. The number of aryl methyl sites for hydroxylation is 1. The van der Waals surface area contributed by atoms with Crippen molar-refractivity contribution in [1.82, 2.24) is 14.8 Å². The third kappa shape index (κ3) is 2.23. The molecule has 1 unspecified atom stereocenters. The Hall–Kier alpha value is -2.05. The third-order valence-electron chi connectivity index (χ3n) is 3.31. The van der Waals surface area contributed by atoms with Crippen molar-refractivity contribution in [2.45, 2.75) is 25.6 Å². The van der Waals surface area contributed by atoms with Gasteiger partial charge in [0.05, 0.1) is 6.04 Å². The minimum Gasteiger partial charge on any atom is -0.354 e. The number of halogens is 3. The van der Waals surface area contributed by atoms with E-state index in [0.717, 1.165) is 11.1 Å². The second-order valence-electron chi connectivity index (χ2n) is 4.85. The van der Waals surface area contributed by atoms with Crippen molar-refractivity contribution in [3.8, 4) is 0 Å². The number of nitrogens with zero attached hydrogens (tertiary/aromatic N) is 3. The maximum Gasteiger partial charge on any atom is 0.453 e. The standard InChI is InChI=1S/C13H13F3N4/c1-8-3-2-4-9(7-8)10-5-6-17-12-18-11(13(14,15)16)19-20(10)12/h2-4,7,10H,5-6H2,1H3,(H,17,18,19). The lowest BCUT2D eigenvalue weighted by Gasteiger charge is -2.24. The van der Waals surface area contributed by atoms with Gasteiger partial charge in [0.25, 0.3) is 5.82 Å². The number of alkyl halides is 3. The molecule has 0 saturated heterocycles. The van der Waals surface area contributed by atoms with Crippen molar-refractivity contribution in [2.75, 3.05) is 11.9 Å². The Bertz CT molecular complexity index is 633. The van der Waals surface area contributed by atoms with E-state index in [4.69, 9.17) is 0 Å². The number of hydrogen-bond donors (Lipinski definition) is 1. The van der Waals surface area contributed by atoms with Gasteiger partial charge in [0.15, 0.2) is 0 Å². The zero-order valence-corrected chi connectivity index (χ0v) is 10.8. The first-order valence-corrected chi connectivity index (χ1v) is 6.29. The summed E-state index contributed by atoms with van der Waals surface area (Å²) in [4.78, 5) is 3.54.